The quantitative estimate of drug-likeness (QED) is 0.791. The number of hydrogen-bond donors (Lipinski definition) is 1. The van der Waals surface area contributed by atoms with Crippen LogP contribution in [0.25, 0.3) is 5.52 Å². The number of nitrogens with one attached hydrogen (secondary N) is 1. The van der Waals surface area contributed by atoms with Crippen LogP contribution in [0, 0.1) is 0 Å². The van der Waals surface area contributed by atoms with Crippen molar-refractivity contribution in [2.75, 3.05) is 7.05 Å². The van der Waals surface area contributed by atoms with Crippen LogP contribution in [-0.2, 0) is 6.54 Å². The Kier molecular flexibility index (Phi) is 2.20. The van der Waals surface area contributed by atoms with Gasteiger partial charge in [0.1, 0.15) is 0 Å². The summed E-state index contributed by atoms with van der Waals surface area (Å²) in [5.74, 6) is 0. The van der Waals surface area contributed by atoms with E-state index in [1.165, 1.54) is 5.56 Å². The molecule has 2 heterocycles. The van der Waals surface area contributed by atoms with E-state index in [1.54, 1.807) is 6.20 Å². The van der Waals surface area contributed by atoms with Gasteiger partial charge >= 0.3 is 0 Å². The normalized spacial score (nSPS) is 10.9. The summed E-state index contributed by atoms with van der Waals surface area (Å²) in [4.78, 5) is 4.00. The maximum atomic E-state index is 5.84. The van der Waals surface area contributed by atoms with Crippen molar-refractivity contribution in [1.29, 1.82) is 0 Å². The predicted octanol–water partition coefficient (Wildman–Crippen LogP) is 1.71. The van der Waals surface area contributed by atoms with Gasteiger partial charge in [-0.3, -0.25) is 4.40 Å². The van der Waals surface area contributed by atoms with E-state index < -0.39 is 0 Å². The Morgan fingerprint density at radius 3 is 3.23 bits per heavy atom. The van der Waals surface area contributed by atoms with Gasteiger partial charge in [-0.05, 0) is 36.3 Å². The molecule has 0 aromatic carbocycles. The fraction of sp³-hybridized carbons (Fsp3) is 0.222. The van der Waals surface area contributed by atoms with Crippen LogP contribution in [0.4, 0.5) is 0 Å². The maximum absolute atomic E-state index is 5.84. The Bertz CT molecular complexity index is 422. The number of nitrogens with zero attached hydrogens (tertiary/aromatic N) is 2. The molecular weight excluding hydrogens is 186 g/mol. The predicted molar refractivity (Wildman–Crippen MR) is 53.0 cm³/mol. The maximum Gasteiger partial charge on any atom is 0.207 e. The van der Waals surface area contributed by atoms with Crippen LogP contribution < -0.4 is 5.32 Å². The minimum atomic E-state index is 0.506. The molecule has 0 spiro atoms. The lowest BCUT2D eigenvalue weighted by atomic mass is 10.2. The molecule has 4 heteroatoms. The molecular formula is C9H10ClN3. The Morgan fingerprint density at radius 2 is 2.46 bits per heavy atom. The molecule has 2 aromatic heterocycles. The van der Waals surface area contributed by atoms with Crippen LogP contribution in [0.2, 0.25) is 5.28 Å². The molecule has 0 amide bonds. The van der Waals surface area contributed by atoms with E-state index in [0.29, 0.717) is 5.28 Å². The molecule has 0 atom stereocenters. The minimum absolute atomic E-state index is 0.506. The first-order chi connectivity index (χ1) is 6.31. The summed E-state index contributed by atoms with van der Waals surface area (Å²) in [6.45, 7) is 0.860. The Hall–Kier alpha value is -1.06. The SMILES string of the molecule is CNCc1ccn2c(Cl)ncc2c1. The Balaban J connectivity index is 2.50. The van der Waals surface area contributed by atoms with Gasteiger partial charge in [0.05, 0.1) is 11.7 Å². The van der Waals surface area contributed by atoms with E-state index >= 15 is 0 Å². The van der Waals surface area contributed by atoms with Gasteiger partial charge in [0.2, 0.25) is 5.28 Å². The average molecular weight is 196 g/mol. The van der Waals surface area contributed by atoms with E-state index in [0.717, 1.165) is 12.1 Å². The van der Waals surface area contributed by atoms with Gasteiger partial charge in [-0.25, -0.2) is 4.98 Å². The highest BCUT2D eigenvalue weighted by molar-refractivity contribution is 6.28. The third-order valence-electron chi connectivity index (χ3n) is 1.93. The second-order valence-corrected chi connectivity index (χ2v) is 3.23. The molecule has 0 bridgehead atoms. The van der Waals surface area contributed by atoms with Gasteiger partial charge in [-0.15, -0.1) is 0 Å². The molecule has 0 aliphatic carbocycles. The highest BCUT2D eigenvalue weighted by atomic mass is 35.5. The third-order valence-corrected chi connectivity index (χ3v) is 2.21. The summed E-state index contributed by atoms with van der Waals surface area (Å²) in [5, 5.41) is 3.60. The molecule has 0 fully saturated rings. The van der Waals surface area contributed by atoms with Gasteiger partial charge in [0, 0.05) is 12.7 Å². The van der Waals surface area contributed by atoms with Crippen molar-refractivity contribution in [1.82, 2.24) is 14.7 Å². The lowest BCUT2D eigenvalue weighted by molar-refractivity contribution is 0.816. The summed E-state index contributed by atoms with van der Waals surface area (Å²) < 4.78 is 1.85. The largest absolute Gasteiger partial charge is 0.316 e. The number of halogens is 1. The Labute approximate surface area is 81.4 Å². The van der Waals surface area contributed by atoms with E-state index in [9.17, 15) is 0 Å². The van der Waals surface area contributed by atoms with Crippen molar-refractivity contribution in [3.63, 3.8) is 0 Å². The van der Waals surface area contributed by atoms with Gasteiger partial charge in [-0.2, -0.15) is 0 Å². The summed E-state index contributed by atoms with van der Waals surface area (Å²) in [7, 11) is 1.92. The standard InChI is InChI=1S/C9H10ClN3/c1-11-5-7-2-3-13-8(4-7)6-12-9(13)10/h2-4,6,11H,5H2,1H3. The molecule has 1 N–H and O–H groups in total. The first-order valence-electron chi connectivity index (χ1n) is 4.07. The average Bonchev–Trinajstić information content (AvgIpc) is 2.48. The second kappa shape index (κ2) is 3.36. The van der Waals surface area contributed by atoms with Crippen molar-refractivity contribution in [3.8, 4) is 0 Å². The number of rotatable bonds is 2. The Morgan fingerprint density at radius 1 is 1.62 bits per heavy atom. The zero-order valence-electron chi connectivity index (χ0n) is 7.29. The minimum Gasteiger partial charge on any atom is -0.316 e. The number of imidazole rings is 1. The van der Waals surface area contributed by atoms with Crippen LogP contribution in [0.1, 0.15) is 5.56 Å². The molecule has 0 saturated carbocycles. The molecule has 2 rings (SSSR count). The van der Waals surface area contributed by atoms with Gasteiger partial charge in [0.15, 0.2) is 0 Å². The van der Waals surface area contributed by atoms with Crippen molar-refractivity contribution in [2.24, 2.45) is 0 Å². The molecule has 0 radical (unpaired) electrons. The second-order valence-electron chi connectivity index (χ2n) is 2.89. The van der Waals surface area contributed by atoms with Crippen LogP contribution in [-0.4, -0.2) is 16.4 Å². The topological polar surface area (TPSA) is 29.3 Å². The van der Waals surface area contributed by atoms with Crippen LogP contribution >= 0.6 is 11.6 Å². The molecule has 0 aliphatic rings. The van der Waals surface area contributed by atoms with E-state index in [2.05, 4.69) is 16.4 Å². The first-order valence-corrected chi connectivity index (χ1v) is 4.45. The zero-order valence-corrected chi connectivity index (χ0v) is 8.04. The lowest BCUT2D eigenvalue weighted by Gasteiger charge is -2.00. The van der Waals surface area contributed by atoms with Gasteiger partial charge in [-0.1, -0.05) is 0 Å². The van der Waals surface area contributed by atoms with Crippen molar-refractivity contribution in [3.05, 3.63) is 35.4 Å². The summed E-state index contributed by atoms with van der Waals surface area (Å²) >= 11 is 5.84. The molecule has 0 aliphatic heterocycles. The zero-order chi connectivity index (χ0) is 9.26. The third kappa shape index (κ3) is 1.53. The molecule has 0 unspecified atom stereocenters. The van der Waals surface area contributed by atoms with Crippen LogP contribution in [0.3, 0.4) is 0 Å². The first kappa shape index (κ1) is 8.53. The fourth-order valence-electron chi connectivity index (χ4n) is 1.33. The molecule has 0 saturated heterocycles. The van der Waals surface area contributed by atoms with Crippen molar-refractivity contribution < 1.29 is 0 Å². The summed E-state index contributed by atoms with van der Waals surface area (Å²) in [6.07, 6.45) is 3.69. The molecule has 3 nitrogen and oxygen atoms in total. The molecule has 13 heavy (non-hydrogen) atoms. The fourth-order valence-corrected chi connectivity index (χ4v) is 1.53. The monoisotopic (exact) mass is 195 g/mol. The number of pyridine rings is 1. The number of aromatic nitrogens is 2. The number of fused-ring (bicyclic) bond motifs is 1. The molecule has 2 aromatic rings. The summed E-state index contributed by atoms with van der Waals surface area (Å²) in [5.41, 5.74) is 2.25. The molecule has 68 valence electrons. The van der Waals surface area contributed by atoms with E-state index in [1.807, 2.05) is 23.7 Å². The van der Waals surface area contributed by atoms with Gasteiger partial charge < -0.3 is 5.32 Å². The van der Waals surface area contributed by atoms with Gasteiger partial charge in [0.25, 0.3) is 0 Å². The highest BCUT2D eigenvalue weighted by Gasteiger charge is 2.00. The van der Waals surface area contributed by atoms with E-state index in [-0.39, 0.29) is 0 Å². The smallest absolute Gasteiger partial charge is 0.207 e. The van der Waals surface area contributed by atoms with E-state index in [4.69, 9.17) is 11.6 Å². The van der Waals surface area contributed by atoms with Crippen molar-refractivity contribution >= 4 is 17.1 Å². The highest BCUT2D eigenvalue weighted by Crippen LogP contribution is 2.12. The van der Waals surface area contributed by atoms with Crippen LogP contribution in [0.15, 0.2) is 24.5 Å². The van der Waals surface area contributed by atoms with Crippen LogP contribution in [0.5, 0.6) is 0 Å². The number of hydrogen-bond acceptors (Lipinski definition) is 2. The van der Waals surface area contributed by atoms with Crippen molar-refractivity contribution in [2.45, 2.75) is 6.54 Å². The summed E-state index contributed by atoms with van der Waals surface area (Å²) in [6, 6.07) is 4.09. The lowest BCUT2D eigenvalue weighted by Crippen LogP contribution is -2.05.